The zero-order valence-electron chi connectivity index (χ0n) is 11.2. The van der Waals surface area contributed by atoms with Crippen molar-refractivity contribution < 1.29 is 23.5 Å². The summed E-state index contributed by atoms with van der Waals surface area (Å²) >= 11 is 6.08. The Labute approximate surface area is 134 Å². The first kappa shape index (κ1) is 16.6. The van der Waals surface area contributed by atoms with Crippen molar-refractivity contribution in [2.45, 2.75) is 12.8 Å². The molecule has 0 unspecified atom stereocenters. The zero-order valence-corrected chi connectivity index (χ0v) is 12.8. The monoisotopic (exact) mass is 343 g/mol. The van der Waals surface area contributed by atoms with Crippen molar-refractivity contribution in [2.24, 2.45) is 0 Å². The first-order valence-corrected chi connectivity index (χ1v) is 7.53. The van der Waals surface area contributed by atoms with Gasteiger partial charge in [0.25, 0.3) is 5.91 Å². The van der Waals surface area contributed by atoms with Crippen LogP contribution < -0.4 is 0 Å². The minimum atomic E-state index is -0.950. The minimum absolute atomic E-state index is 0.0668. The number of nitrogens with zero attached hydrogens (tertiary/aromatic N) is 1. The number of aliphatic carboxylic acids is 1. The maximum Gasteiger partial charge on any atom is 0.303 e. The lowest BCUT2D eigenvalue weighted by Gasteiger charge is -2.13. The number of carbonyl (C=O) groups is 2. The quantitative estimate of drug-likeness (QED) is 0.658. The van der Waals surface area contributed by atoms with E-state index in [1.54, 1.807) is 0 Å². The number of carboxylic acids is 1. The highest BCUT2D eigenvalue weighted by molar-refractivity contribution is 8.26. The van der Waals surface area contributed by atoms with Crippen molar-refractivity contribution in [1.29, 1.82) is 0 Å². The van der Waals surface area contributed by atoms with Gasteiger partial charge in [0.15, 0.2) is 0 Å². The van der Waals surface area contributed by atoms with E-state index in [-0.39, 0.29) is 29.9 Å². The van der Waals surface area contributed by atoms with E-state index in [0.29, 0.717) is 4.32 Å². The van der Waals surface area contributed by atoms with Crippen LogP contribution in [0.5, 0.6) is 0 Å². The van der Waals surface area contributed by atoms with Crippen molar-refractivity contribution in [1.82, 2.24) is 4.90 Å². The molecule has 1 aromatic rings. The molecule has 1 fully saturated rings. The van der Waals surface area contributed by atoms with Gasteiger partial charge in [0.1, 0.15) is 16.0 Å². The van der Waals surface area contributed by atoms with Gasteiger partial charge in [0.05, 0.1) is 4.91 Å². The molecule has 0 aromatic heterocycles. The normalized spacial score (nSPS) is 16.6. The summed E-state index contributed by atoms with van der Waals surface area (Å²) in [6.07, 6.45) is 1.52. The predicted molar refractivity (Wildman–Crippen MR) is 83.1 cm³/mol. The summed E-state index contributed by atoms with van der Waals surface area (Å²) < 4.78 is 26.8. The highest BCUT2D eigenvalue weighted by atomic mass is 32.2. The molecule has 1 N–H and O–H groups in total. The molecule has 0 saturated carbocycles. The molecule has 22 heavy (non-hydrogen) atoms. The standard InChI is InChI=1S/C14H11F2NO3S2/c15-9-4-3-8(10(16)7-9)6-11-13(20)17(14(21)22-11)5-1-2-12(18)19/h3-4,6-7H,1-2,5H2,(H,18,19)/b11-6-. The molecule has 0 spiro atoms. The topological polar surface area (TPSA) is 57.6 Å². The van der Waals surface area contributed by atoms with Gasteiger partial charge in [-0.15, -0.1) is 0 Å². The summed E-state index contributed by atoms with van der Waals surface area (Å²) in [4.78, 5) is 24.2. The van der Waals surface area contributed by atoms with Crippen LogP contribution in [0.15, 0.2) is 23.1 Å². The minimum Gasteiger partial charge on any atom is -0.481 e. The van der Waals surface area contributed by atoms with Gasteiger partial charge in [-0.05, 0) is 24.6 Å². The Morgan fingerprint density at radius 2 is 2.14 bits per heavy atom. The molecule has 2 rings (SSSR count). The third-order valence-corrected chi connectivity index (χ3v) is 4.27. The van der Waals surface area contributed by atoms with Crippen LogP contribution in [0.1, 0.15) is 18.4 Å². The van der Waals surface area contributed by atoms with Crippen LogP contribution in [0.2, 0.25) is 0 Å². The molecular weight excluding hydrogens is 332 g/mol. The fraction of sp³-hybridized carbons (Fsp3) is 0.214. The van der Waals surface area contributed by atoms with E-state index in [4.69, 9.17) is 17.3 Å². The van der Waals surface area contributed by atoms with Crippen LogP contribution in [0, 0.1) is 11.6 Å². The van der Waals surface area contributed by atoms with Crippen LogP contribution >= 0.6 is 24.0 Å². The van der Waals surface area contributed by atoms with E-state index in [1.807, 2.05) is 0 Å². The lowest BCUT2D eigenvalue weighted by molar-refractivity contribution is -0.137. The maximum atomic E-state index is 13.6. The molecule has 8 heteroatoms. The molecular formula is C14H11F2NO3S2. The molecule has 1 aliphatic rings. The summed E-state index contributed by atoms with van der Waals surface area (Å²) in [6, 6.07) is 3.07. The summed E-state index contributed by atoms with van der Waals surface area (Å²) in [5, 5.41) is 8.59. The van der Waals surface area contributed by atoms with E-state index in [9.17, 15) is 18.4 Å². The van der Waals surface area contributed by atoms with Crippen molar-refractivity contribution >= 4 is 46.3 Å². The first-order chi connectivity index (χ1) is 10.4. The second kappa shape index (κ2) is 6.97. The van der Waals surface area contributed by atoms with Gasteiger partial charge in [-0.1, -0.05) is 24.0 Å². The fourth-order valence-corrected chi connectivity index (χ4v) is 3.14. The number of thioether (sulfide) groups is 1. The SMILES string of the molecule is O=C(O)CCCN1C(=O)/C(=C/c2ccc(F)cc2F)SC1=S. The van der Waals surface area contributed by atoms with Gasteiger partial charge in [0, 0.05) is 24.6 Å². The molecule has 0 bridgehead atoms. The largest absolute Gasteiger partial charge is 0.481 e. The van der Waals surface area contributed by atoms with E-state index < -0.39 is 23.5 Å². The number of carbonyl (C=O) groups excluding carboxylic acids is 1. The fourth-order valence-electron chi connectivity index (χ4n) is 1.84. The van der Waals surface area contributed by atoms with Gasteiger partial charge < -0.3 is 5.11 Å². The molecule has 1 aromatic carbocycles. The molecule has 4 nitrogen and oxygen atoms in total. The van der Waals surface area contributed by atoms with Gasteiger partial charge in [-0.3, -0.25) is 14.5 Å². The number of thiocarbonyl (C=S) groups is 1. The van der Waals surface area contributed by atoms with Gasteiger partial charge in [-0.2, -0.15) is 0 Å². The third kappa shape index (κ3) is 3.89. The Bertz CT molecular complexity index is 676. The van der Waals surface area contributed by atoms with Gasteiger partial charge in [-0.25, -0.2) is 8.78 Å². The smallest absolute Gasteiger partial charge is 0.303 e. The second-order valence-corrected chi connectivity index (χ2v) is 6.17. The first-order valence-electron chi connectivity index (χ1n) is 6.30. The average molecular weight is 343 g/mol. The maximum absolute atomic E-state index is 13.6. The second-order valence-electron chi connectivity index (χ2n) is 4.50. The number of carboxylic acid groups (broad SMARTS) is 1. The number of amides is 1. The predicted octanol–water partition coefficient (Wildman–Crippen LogP) is 3.03. The Hall–Kier alpha value is -1.80. The molecule has 1 aliphatic heterocycles. The molecule has 0 atom stereocenters. The molecule has 0 aliphatic carbocycles. The van der Waals surface area contributed by atoms with Crippen molar-refractivity contribution in [3.8, 4) is 0 Å². The van der Waals surface area contributed by atoms with E-state index in [0.717, 1.165) is 23.9 Å². The number of hydrogen-bond acceptors (Lipinski definition) is 4. The number of halogens is 2. The summed E-state index contributed by atoms with van der Waals surface area (Å²) in [5.41, 5.74) is 0.0902. The molecule has 1 heterocycles. The lowest BCUT2D eigenvalue weighted by Crippen LogP contribution is -2.29. The molecule has 116 valence electrons. The lowest BCUT2D eigenvalue weighted by atomic mass is 10.2. The van der Waals surface area contributed by atoms with E-state index >= 15 is 0 Å². The number of hydrogen-bond donors (Lipinski definition) is 1. The summed E-state index contributed by atoms with van der Waals surface area (Å²) in [6.45, 7) is 0.195. The summed E-state index contributed by atoms with van der Waals surface area (Å²) in [7, 11) is 0. The third-order valence-electron chi connectivity index (χ3n) is 2.90. The Morgan fingerprint density at radius 1 is 1.41 bits per heavy atom. The van der Waals surface area contributed by atoms with Gasteiger partial charge in [0.2, 0.25) is 0 Å². The molecule has 0 radical (unpaired) electrons. The Kier molecular flexibility index (Phi) is 5.25. The van der Waals surface area contributed by atoms with Crippen LogP contribution in [-0.4, -0.2) is 32.7 Å². The Balaban J connectivity index is 2.13. The van der Waals surface area contributed by atoms with E-state index in [2.05, 4.69) is 0 Å². The molecule has 1 amide bonds. The highest BCUT2D eigenvalue weighted by Gasteiger charge is 2.31. The van der Waals surface area contributed by atoms with E-state index in [1.165, 1.54) is 17.0 Å². The number of benzene rings is 1. The summed E-state index contributed by atoms with van der Waals surface area (Å²) in [5.74, 6) is -2.81. The van der Waals surface area contributed by atoms with Crippen LogP contribution in [0.3, 0.4) is 0 Å². The van der Waals surface area contributed by atoms with Crippen molar-refractivity contribution in [3.05, 3.63) is 40.3 Å². The zero-order chi connectivity index (χ0) is 16.3. The van der Waals surface area contributed by atoms with Crippen LogP contribution in [0.25, 0.3) is 6.08 Å². The number of rotatable bonds is 5. The highest BCUT2D eigenvalue weighted by Crippen LogP contribution is 2.33. The van der Waals surface area contributed by atoms with Crippen molar-refractivity contribution in [2.75, 3.05) is 6.54 Å². The van der Waals surface area contributed by atoms with Gasteiger partial charge >= 0.3 is 5.97 Å². The van der Waals surface area contributed by atoms with Crippen molar-refractivity contribution in [3.63, 3.8) is 0 Å². The van der Waals surface area contributed by atoms with Crippen LogP contribution in [0.4, 0.5) is 8.78 Å². The Morgan fingerprint density at radius 3 is 2.77 bits per heavy atom. The molecule has 1 saturated heterocycles. The van der Waals surface area contributed by atoms with Crippen LogP contribution in [-0.2, 0) is 9.59 Å². The average Bonchev–Trinajstić information content (AvgIpc) is 2.69.